The molecule has 1 atom stereocenters. The van der Waals surface area contributed by atoms with Gasteiger partial charge >= 0.3 is 0 Å². The molecule has 2 N–H and O–H groups in total. The molecule has 2 heteroatoms. The van der Waals surface area contributed by atoms with Gasteiger partial charge in [-0.15, -0.1) is 0 Å². The fourth-order valence-electron chi connectivity index (χ4n) is 3.63. The third kappa shape index (κ3) is 3.71. The van der Waals surface area contributed by atoms with E-state index >= 15 is 0 Å². The van der Waals surface area contributed by atoms with Gasteiger partial charge in [0.15, 0.2) is 0 Å². The lowest BCUT2D eigenvalue weighted by Gasteiger charge is -2.48. The van der Waals surface area contributed by atoms with E-state index in [0.717, 1.165) is 18.4 Å². The molecule has 18 heavy (non-hydrogen) atoms. The van der Waals surface area contributed by atoms with E-state index in [1.165, 1.54) is 38.5 Å². The van der Waals surface area contributed by atoms with Crippen molar-refractivity contribution in [2.24, 2.45) is 17.6 Å². The molecule has 1 aliphatic rings. The maximum Gasteiger partial charge on any atom is 0.0331 e. The number of hydrogen-bond donors (Lipinski definition) is 1. The van der Waals surface area contributed by atoms with Gasteiger partial charge in [0.25, 0.3) is 0 Å². The Morgan fingerprint density at radius 1 is 1.22 bits per heavy atom. The summed E-state index contributed by atoms with van der Waals surface area (Å²) in [7, 11) is 2.30. The van der Waals surface area contributed by atoms with Crippen LogP contribution in [0.25, 0.3) is 0 Å². The lowest BCUT2D eigenvalue weighted by atomic mass is 9.74. The fourth-order valence-corrected chi connectivity index (χ4v) is 3.63. The van der Waals surface area contributed by atoms with E-state index in [4.69, 9.17) is 5.73 Å². The zero-order chi connectivity index (χ0) is 13.8. The fraction of sp³-hybridized carbons (Fsp3) is 1.00. The third-order valence-corrected chi connectivity index (χ3v) is 5.22. The Bertz CT molecular complexity index is 229. The summed E-state index contributed by atoms with van der Waals surface area (Å²) in [6, 6.07) is 0.645. The first-order valence-corrected chi connectivity index (χ1v) is 7.88. The van der Waals surface area contributed by atoms with E-state index in [2.05, 4.69) is 39.6 Å². The second-order valence-corrected chi connectivity index (χ2v) is 6.87. The number of nitrogens with two attached hydrogens (primary N) is 1. The summed E-state index contributed by atoms with van der Waals surface area (Å²) >= 11 is 0. The van der Waals surface area contributed by atoms with Crippen molar-refractivity contribution in [3.8, 4) is 0 Å². The lowest BCUT2D eigenvalue weighted by Crippen LogP contribution is -2.57. The summed E-state index contributed by atoms with van der Waals surface area (Å²) in [5.41, 5.74) is 6.43. The quantitative estimate of drug-likeness (QED) is 0.784. The van der Waals surface area contributed by atoms with Crippen LogP contribution in [0.5, 0.6) is 0 Å². The minimum absolute atomic E-state index is 0.278. The van der Waals surface area contributed by atoms with Gasteiger partial charge in [-0.25, -0.2) is 0 Å². The Kier molecular flexibility index (Phi) is 6.13. The van der Waals surface area contributed by atoms with Gasteiger partial charge in [0.05, 0.1) is 0 Å². The highest BCUT2D eigenvalue weighted by Crippen LogP contribution is 2.38. The summed E-state index contributed by atoms with van der Waals surface area (Å²) in [6.07, 6.45) is 7.93. The zero-order valence-electron chi connectivity index (χ0n) is 13.2. The van der Waals surface area contributed by atoms with Crippen LogP contribution in [-0.2, 0) is 0 Å². The molecule has 0 heterocycles. The van der Waals surface area contributed by atoms with Crippen molar-refractivity contribution >= 4 is 0 Å². The summed E-state index contributed by atoms with van der Waals surface area (Å²) in [5.74, 6) is 1.71. The standard InChI is InChI=1S/C16H34N2/c1-6-15-7-9-16(12-17,10-8-15)18(5)14(4)11-13(2)3/h13-15H,6-12,17H2,1-5H3. The first kappa shape index (κ1) is 16.0. The Morgan fingerprint density at radius 3 is 2.17 bits per heavy atom. The summed E-state index contributed by atoms with van der Waals surface area (Å²) < 4.78 is 0. The first-order valence-electron chi connectivity index (χ1n) is 7.88. The van der Waals surface area contributed by atoms with Crippen molar-refractivity contribution in [2.75, 3.05) is 13.6 Å². The van der Waals surface area contributed by atoms with Gasteiger partial charge in [-0.1, -0.05) is 27.2 Å². The van der Waals surface area contributed by atoms with Crippen molar-refractivity contribution in [1.29, 1.82) is 0 Å². The second kappa shape index (κ2) is 6.91. The molecule has 0 aromatic carbocycles. The minimum Gasteiger partial charge on any atom is -0.329 e. The SMILES string of the molecule is CCC1CCC(CN)(N(C)C(C)CC(C)C)CC1. The van der Waals surface area contributed by atoms with Gasteiger partial charge in [-0.2, -0.15) is 0 Å². The molecule has 1 fully saturated rings. The van der Waals surface area contributed by atoms with Crippen LogP contribution in [0.1, 0.15) is 66.2 Å². The number of hydrogen-bond acceptors (Lipinski definition) is 2. The van der Waals surface area contributed by atoms with Crippen molar-refractivity contribution in [3.63, 3.8) is 0 Å². The average Bonchev–Trinajstić information content (AvgIpc) is 2.37. The number of rotatable bonds is 6. The van der Waals surface area contributed by atoms with Gasteiger partial charge < -0.3 is 5.73 Å². The summed E-state index contributed by atoms with van der Waals surface area (Å²) in [4.78, 5) is 2.60. The molecule has 1 rings (SSSR count). The molecule has 0 spiro atoms. The van der Waals surface area contributed by atoms with Gasteiger partial charge in [0, 0.05) is 18.1 Å². The average molecular weight is 254 g/mol. The van der Waals surface area contributed by atoms with E-state index in [1.807, 2.05) is 0 Å². The van der Waals surface area contributed by atoms with Crippen molar-refractivity contribution in [2.45, 2.75) is 77.8 Å². The molecule has 0 bridgehead atoms. The third-order valence-electron chi connectivity index (χ3n) is 5.22. The van der Waals surface area contributed by atoms with Gasteiger partial charge in [-0.3, -0.25) is 4.90 Å². The summed E-state index contributed by atoms with van der Waals surface area (Å²) in [6.45, 7) is 10.1. The Hall–Kier alpha value is -0.0800. The maximum absolute atomic E-state index is 6.15. The molecule has 108 valence electrons. The van der Waals surface area contributed by atoms with Crippen molar-refractivity contribution < 1.29 is 0 Å². The van der Waals surface area contributed by atoms with E-state index in [-0.39, 0.29) is 5.54 Å². The van der Waals surface area contributed by atoms with Crippen LogP contribution in [0.4, 0.5) is 0 Å². The molecule has 0 saturated heterocycles. The number of nitrogens with zero attached hydrogens (tertiary/aromatic N) is 1. The highest BCUT2D eigenvalue weighted by molar-refractivity contribution is 4.96. The normalized spacial score (nSPS) is 31.0. The number of likely N-dealkylation sites (N-methyl/N-ethyl adjacent to an activating group) is 1. The first-order chi connectivity index (χ1) is 8.45. The molecule has 1 unspecified atom stereocenters. The molecule has 0 aliphatic heterocycles. The molecular formula is C16H34N2. The van der Waals surface area contributed by atoms with Crippen LogP contribution >= 0.6 is 0 Å². The van der Waals surface area contributed by atoms with E-state index in [9.17, 15) is 0 Å². The van der Waals surface area contributed by atoms with E-state index < -0.39 is 0 Å². The Labute approximate surface area is 114 Å². The predicted molar refractivity (Wildman–Crippen MR) is 80.7 cm³/mol. The minimum atomic E-state index is 0.278. The Balaban J connectivity index is 2.64. The highest BCUT2D eigenvalue weighted by Gasteiger charge is 2.38. The van der Waals surface area contributed by atoms with E-state index in [0.29, 0.717) is 6.04 Å². The predicted octanol–water partition coefficient (Wildman–Crippen LogP) is 3.65. The largest absolute Gasteiger partial charge is 0.329 e. The van der Waals surface area contributed by atoms with Gasteiger partial charge in [-0.05, 0) is 57.9 Å². The smallest absolute Gasteiger partial charge is 0.0331 e. The van der Waals surface area contributed by atoms with Crippen molar-refractivity contribution in [3.05, 3.63) is 0 Å². The molecule has 1 aliphatic carbocycles. The van der Waals surface area contributed by atoms with E-state index in [1.54, 1.807) is 0 Å². The zero-order valence-corrected chi connectivity index (χ0v) is 13.2. The topological polar surface area (TPSA) is 29.3 Å². The van der Waals surface area contributed by atoms with Crippen LogP contribution in [0, 0.1) is 11.8 Å². The molecule has 0 aromatic rings. The second-order valence-electron chi connectivity index (χ2n) is 6.87. The van der Waals surface area contributed by atoms with Gasteiger partial charge in [0.1, 0.15) is 0 Å². The van der Waals surface area contributed by atoms with Crippen LogP contribution in [-0.4, -0.2) is 30.1 Å². The highest BCUT2D eigenvalue weighted by atomic mass is 15.2. The summed E-state index contributed by atoms with van der Waals surface area (Å²) in [5, 5.41) is 0. The monoisotopic (exact) mass is 254 g/mol. The molecular weight excluding hydrogens is 220 g/mol. The van der Waals surface area contributed by atoms with Crippen LogP contribution < -0.4 is 5.73 Å². The molecule has 0 aromatic heterocycles. The molecule has 1 saturated carbocycles. The molecule has 0 radical (unpaired) electrons. The van der Waals surface area contributed by atoms with Gasteiger partial charge in [0.2, 0.25) is 0 Å². The van der Waals surface area contributed by atoms with Crippen molar-refractivity contribution in [1.82, 2.24) is 4.90 Å². The molecule has 2 nitrogen and oxygen atoms in total. The lowest BCUT2D eigenvalue weighted by molar-refractivity contribution is 0.0286. The van der Waals surface area contributed by atoms with Crippen LogP contribution in [0.15, 0.2) is 0 Å². The van der Waals surface area contributed by atoms with Crippen LogP contribution in [0.3, 0.4) is 0 Å². The van der Waals surface area contributed by atoms with Crippen LogP contribution in [0.2, 0.25) is 0 Å². The Morgan fingerprint density at radius 2 is 1.78 bits per heavy atom. The maximum atomic E-state index is 6.15. The molecule has 0 amide bonds.